The molecule has 1 saturated heterocycles. The van der Waals surface area contributed by atoms with Crippen molar-refractivity contribution in [2.45, 2.75) is 33.1 Å². The van der Waals surface area contributed by atoms with Gasteiger partial charge >= 0.3 is 5.97 Å². The van der Waals surface area contributed by atoms with E-state index >= 15 is 0 Å². The summed E-state index contributed by atoms with van der Waals surface area (Å²) in [6.07, 6.45) is 0. The van der Waals surface area contributed by atoms with Gasteiger partial charge in [0, 0.05) is 13.1 Å². The third-order valence-corrected chi connectivity index (χ3v) is 4.52. The lowest BCUT2D eigenvalue weighted by molar-refractivity contribution is -0.142. The Labute approximate surface area is 125 Å². The predicted octanol–water partition coefficient (Wildman–Crippen LogP) is 2.45. The van der Waals surface area contributed by atoms with E-state index in [0.29, 0.717) is 13.1 Å². The molecule has 0 unspecified atom stereocenters. The summed E-state index contributed by atoms with van der Waals surface area (Å²) >= 11 is 0. The summed E-state index contributed by atoms with van der Waals surface area (Å²) in [6.45, 7) is 8.54. The molecule has 1 aliphatic rings. The first kappa shape index (κ1) is 15.5. The van der Waals surface area contributed by atoms with E-state index in [-0.39, 0.29) is 11.8 Å². The van der Waals surface area contributed by atoms with Crippen molar-refractivity contribution < 1.29 is 14.7 Å². The second-order valence-electron chi connectivity index (χ2n) is 6.62. The van der Waals surface area contributed by atoms with Crippen LogP contribution in [-0.4, -0.2) is 35.0 Å². The summed E-state index contributed by atoms with van der Waals surface area (Å²) in [4.78, 5) is 25.7. The zero-order valence-corrected chi connectivity index (χ0v) is 13.1. The smallest absolute Gasteiger partial charge is 0.308 e. The Morgan fingerprint density at radius 3 is 2.24 bits per heavy atom. The number of likely N-dealkylation sites (tertiary alicyclic amines) is 1. The van der Waals surface area contributed by atoms with Gasteiger partial charge in [0.2, 0.25) is 5.91 Å². The minimum Gasteiger partial charge on any atom is -0.481 e. The lowest BCUT2D eigenvalue weighted by atomic mass is 9.83. The summed E-state index contributed by atoms with van der Waals surface area (Å²) in [7, 11) is 0. The topological polar surface area (TPSA) is 57.6 Å². The molecule has 114 valence electrons. The Bertz CT molecular complexity index is 548. The van der Waals surface area contributed by atoms with Gasteiger partial charge in [0.15, 0.2) is 0 Å². The first-order chi connectivity index (χ1) is 9.73. The maximum Gasteiger partial charge on any atom is 0.308 e. The van der Waals surface area contributed by atoms with Gasteiger partial charge in [-0.15, -0.1) is 0 Å². The standard InChI is InChI=1S/C17H23NO3/c1-11-5-7-13(8-6-11)17(3,4)16(21)18-9-12(2)14(10-18)15(19)20/h5-8,12,14H,9-10H2,1-4H3,(H,19,20)/t12-,14-/m1/s1. The summed E-state index contributed by atoms with van der Waals surface area (Å²) in [5, 5.41) is 9.20. The molecule has 0 aliphatic carbocycles. The molecule has 0 radical (unpaired) electrons. The second kappa shape index (κ2) is 5.51. The molecule has 0 spiro atoms. The Hall–Kier alpha value is -1.84. The van der Waals surface area contributed by atoms with Crippen LogP contribution in [-0.2, 0) is 15.0 Å². The molecule has 1 heterocycles. The second-order valence-corrected chi connectivity index (χ2v) is 6.62. The van der Waals surface area contributed by atoms with Crippen molar-refractivity contribution in [1.82, 2.24) is 4.90 Å². The van der Waals surface area contributed by atoms with Gasteiger partial charge < -0.3 is 10.0 Å². The van der Waals surface area contributed by atoms with E-state index in [0.717, 1.165) is 11.1 Å². The third-order valence-electron chi connectivity index (χ3n) is 4.52. The van der Waals surface area contributed by atoms with Crippen LogP contribution in [0.5, 0.6) is 0 Å². The highest BCUT2D eigenvalue weighted by molar-refractivity contribution is 5.88. The zero-order chi connectivity index (χ0) is 15.8. The van der Waals surface area contributed by atoms with Gasteiger partial charge in [-0.2, -0.15) is 0 Å². The van der Waals surface area contributed by atoms with Crippen molar-refractivity contribution in [3.05, 3.63) is 35.4 Å². The summed E-state index contributed by atoms with van der Waals surface area (Å²) in [6, 6.07) is 7.94. The van der Waals surface area contributed by atoms with Crippen LogP contribution >= 0.6 is 0 Å². The molecule has 1 fully saturated rings. The van der Waals surface area contributed by atoms with E-state index in [1.807, 2.05) is 52.0 Å². The molecule has 4 heteroatoms. The van der Waals surface area contributed by atoms with E-state index in [1.165, 1.54) is 0 Å². The van der Waals surface area contributed by atoms with Crippen LogP contribution < -0.4 is 0 Å². The maximum atomic E-state index is 12.8. The van der Waals surface area contributed by atoms with Crippen LogP contribution in [0, 0.1) is 18.8 Å². The van der Waals surface area contributed by atoms with E-state index in [9.17, 15) is 14.7 Å². The predicted molar refractivity (Wildman–Crippen MR) is 81.1 cm³/mol. The Kier molecular flexibility index (Phi) is 4.08. The van der Waals surface area contributed by atoms with Crippen LogP contribution in [0.2, 0.25) is 0 Å². The number of benzene rings is 1. The number of carboxylic acids is 1. The molecule has 1 aromatic rings. The normalized spacial score (nSPS) is 22.4. The molecule has 4 nitrogen and oxygen atoms in total. The van der Waals surface area contributed by atoms with E-state index in [1.54, 1.807) is 4.90 Å². The van der Waals surface area contributed by atoms with Crippen molar-refractivity contribution in [3.8, 4) is 0 Å². The Balaban J connectivity index is 2.19. The molecule has 2 atom stereocenters. The summed E-state index contributed by atoms with van der Waals surface area (Å²) < 4.78 is 0. The van der Waals surface area contributed by atoms with E-state index < -0.39 is 17.3 Å². The molecule has 1 amide bonds. The fraction of sp³-hybridized carbons (Fsp3) is 0.529. The van der Waals surface area contributed by atoms with Crippen LogP contribution in [0.3, 0.4) is 0 Å². The number of carboxylic acid groups (broad SMARTS) is 1. The molecule has 1 N–H and O–H groups in total. The highest BCUT2D eigenvalue weighted by Crippen LogP contribution is 2.31. The van der Waals surface area contributed by atoms with Gasteiger partial charge in [0.25, 0.3) is 0 Å². The van der Waals surface area contributed by atoms with Gasteiger partial charge in [-0.25, -0.2) is 0 Å². The molecule has 0 saturated carbocycles. The lowest BCUT2D eigenvalue weighted by Gasteiger charge is -2.30. The average Bonchev–Trinajstić information content (AvgIpc) is 2.80. The fourth-order valence-electron chi connectivity index (χ4n) is 2.94. The Morgan fingerprint density at radius 1 is 1.19 bits per heavy atom. The number of rotatable bonds is 3. The Morgan fingerprint density at radius 2 is 1.76 bits per heavy atom. The number of amides is 1. The van der Waals surface area contributed by atoms with Gasteiger partial charge in [-0.1, -0.05) is 36.8 Å². The summed E-state index contributed by atoms with van der Waals surface area (Å²) in [5.74, 6) is -1.27. The summed E-state index contributed by atoms with van der Waals surface area (Å²) in [5.41, 5.74) is 1.48. The van der Waals surface area contributed by atoms with Crippen LogP contribution in [0.4, 0.5) is 0 Å². The largest absolute Gasteiger partial charge is 0.481 e. The number of nitrogens with zero attached hydrogens (tertiary/aromatic N) is 1. The molecule has 21 heavy (non-hydrogen) atoms. The van der Waals surface area contributed by atoms with Crippen LogP contribution in [0.1, 0.15) is 31.9 Å². The first-order valence-electron chi connectivity index (χ1n) is 7.33. The monoisotopic (exact) mass is 289 g/mol. The van der Waals surface area contributed by atoms with Crippen LogP contribution in [0.15, 0.2) is 24.3 Å². The zero-order valence-electron chi connectivity index (χ0n) is 13.1. The minimum atomic E-state index is -0.814. The highest BCUT2D eigenvalue weighted by atomic mass is 16.4. The van der Waals surface area contributed by atoms with Crippen molar-refractivity contribution in [1.29, 1.82) is 0 Å². The van der Waals surface area contributed by atoms with Crippen molar-refractivity contribution in [2.75, 3.05) is 13.1 Å². The van der Waals surface area contributed by atoms with Gasteiger partial charge in [-0.05, 0) is 32.3 Å². The number of carbonyl (C=O) groups is 2. The van der Waals surface area contributed by atoms with Gasteiger partial charge in [-0.3, -0.25) is 9.59 Å². The van der Waals surface area contributed by atoms with Crippen LogP contribution in [0.25, 0.3) is 0 Å². The molecule has 1 aliphatic heterocycles. The lowest BCUT2D eigenvalue weighted by Crippen LogP contribution is -2.42. The molecule has 0 aromatic heterocycles. The molecular weight excluding hydrogens is 266 g/mol. The minimum absolute atomic E-state index is 0.000248. The number of hydrogen-bond donors (Lipinski definition) is 1. The maximum absolute atomic E-state index is 12.8. The third kappa shape index (κ3) is 2.94. The number of carbonyl (C=O) groups excluding carboxylic acids is 1. The molecule has 1 aromatic carbocycles. The highest BCUT2D eigenvalue weighted by Gasteiger charge is 2.42. The number of hydrogen-bond acceptors (Lipinski definition) is 2. The fourth-order valence-corrected chi connectivity index (χ4v) is 2.94. The first-order valence-corrected chi connectivity index (χ1v) is 7.33. The van der Waals surface area contributed by atoms with Crippen molar-refractivity contribution in [2.24, 2.45) is 11.8 Å². The van der Waals surface area contributed by atoms with E-state index in [4.69, 9.17) is 0 Å². The molecule has 0 bridgehead atoms. The quantitative estimate of drug-likeness (QED) is 0.930. The molecular formula is C17H23NO3. The average molecular weight is 289 g/mol. The number of aryl methyl sites for hydroxylation is 1. The van der Waals surface area contributed by atoms with Crippen molar-refractivity contribution in [3.63, 3.8) is 0 Å². The van der Waals surface area contributed by atoms with Gasteiger partial charge in [0.1, 0.15) is 0 Å². The van der Waals surface area contributed by atoms with Crippen molar-refractivity contribution >= 4 is 11.9 Å². The van der Waals surface area contributed by atoms with E-state index in [2.05, 4.69) is 0 Å². The molecule has 2 rings (SSSR count). The SMILES string of the molecule is Cc1ccc(C(C)(C)C(=O)N2C[C@@H](C)[C@H](C(=O)O)C2)cc1. The van der Waals surface area contributed by atoms with Gasteiger partial charge in [0.05, 0.1) is 11.3 Å². The number of aliphatic carboxylic acids is 1.